The fourth-order valence-electron chi connectivity index (χ4n) is 3.83. The summed E-state index contributed by atoms with van der Waals surface area (Å²) < 4.78 is 21.1. The molecule has 0 aliphatic rings. The molecule has 0 aliphatic heterocycles. The van der Waals surface area contributed by atoms with Crippen LogP contribution in [0.4, 0.5) is 4.39 Å². The van der Waals surface area contributed by atoms with Crippen molar-refractivity contribution in [3.05, 3.63) is 95.0 Å². The maximum absolute atomic E-state index is 13.0. The van der Waals surface area contributed by atoms with Gasteiger partial charge in [-0.25, -0.2) is 9.37 Å². The van der Waals surface area contributed by atoms with Crippen LogP contribution in [0, 0.1) is 5.82 Å². The first-order valence-electron chi connectivity index (χ1n) is 11.5. The zero-order valence-electron chi connectivity index (χ0n) is 18.8. The number of imidazole rings is 1. The number of rotatable bonds is 11. The number of aromatic nitrogens is 2. The van der Waals surface area contributed by atoms with E-state index in [9.17, 15) is 9.18 Å². The van der Waals surface area contributed by atoms with Crippen LogP contribution in [0.5, 0.6) is 5.75 Å². The molecule has 3 aromatic carbocycles. The van der Waals surface area contributed by atoms with E-state index in [-0.39, 0.29) is 11.7 Å². The van der Waals surface area contributed by atoms with Crippen molar-refractivity contribution in [1.29, 1.82) is 0 Å². The molecule has 0 radical (unpaired) electrons. The van der Waals surface area contributed by atoms with Crippen LogP contribution in [-0.2, 0) is 13.0 Å². The standard InChI is InChI=1S/C27H27ClFN3O2/c28-22-8-1-4-11-25(22)34-19-6-5-18-32-24-10-3-2-9-23(24)31-26(32)12-7-17-30-27(33)20-13-15-21(29)16-14-20/h1-4,8-11,13-16H,5-7,12,17-19H2,(H,30,33). The Hall–Kier alpha value is -3.38. The summed E-state index contributed by atoms with van der Waals surface area (Å²) >= 11 is 6.15. The van der Waals surface area contributed by atoms with Crippen LogP contribution in [0.2, 0.25) is 5.02 Å². The molecule has 4 rings (SSSR count). The molecular formula is C27H27ClFN3O2. The van der Waals surface area contributed by atoms with Crippen molar-refractivity contribution in [1.82, 2.24) is 14.9 Å². The van der Waals surface area contributed by atoms with Crippen molar-refractivity contribution in [3.63, 3.8) is 0 Å². The number of amides is 1. The number of aryl methyl sites for hydroxylation is 2. The highest BCUT2D eigenvalue weighted by Gasteiger charge is 2.11. The highest BCUT2D eigenvalue weighted by molar-refractivity contribution is 6.32. The van der Waals surface area contributed by atoms with Crippen LogP contribution in [-0.4, -0.2) is 28.6 Å². The first kappa shape index (κ1) is 23.8. The smallest absolute Gasteiger partial charge is 0.251 e. The number of para-hydroxylation sites is 3. The lowest BCUT2D eigenvalue weighted by atomic mass is 10.2. The number of carbonyl (C=O) groups is 1. The molecule has 0 aliphatic carbocycles. The Morgan fingerprint density at radius 2 is 1.74 bits per heavy atom. The number of hydrogen-bond acceptors (Lipinski definition) is 3. The quantitative estimate of drug-likeness (QED) is 0.266. The van der Waals surface area contributed by atoms with E-state index >= 15 is 0 Å². The third-order valence-electron chi connectivity index (χ3n) is 5.57. The van der Waals surface area contributed by atoms with Crippen molar-refractivity contribution in [2.45, 2.75) is 32.2 Å². The first-order valence-corrected chi connectivity index (χ1v) is 11.8. The fourth-order valence-corrected chi connectivity index (χ4v) is 4.02. The molecule has 0 unspecified atom stereocenters. The van der Waals surface area contributed by atoms with Crippen LogP contribution < -0.4 is 10.1 Å². The van der Waals surface area contributed by atoms with Crippen LogP contribution >= 0.6 is 11.6 Å². The second-order valence-corrected chi connectivity index (χ2v) is 8.43. The van der Waals surface area contributed by atoms with Crippen LogP contribution in [0.1, 0.15) is 35.4 Å². The molecule has 1 amide bonds. The molecule has 1 aromatic heterocycles. The second kappa shape index (κ2) is 11.7. The van der Waals surface area contributed by atoms with Gasteiger partial charge in [0.2, 0.25) is 0 Å². The van der Waals surface area contributed by atoms with Crippen molar-refractivity contribution in [3.8, 4) is 5.75 Å². The van der Waals surface area contributed by atoms with Gasteiger partial charge in [0.05, 0.1) is 22.7 Å². The topological polar surface area (TPSA) is 56.2 Å². The van der Waals surface area contributed by atoms with Gasteiger partial charge in [0.1, 0.15) is 17.4 Å². The third kappa shape index (κ3) is 6.14. The molecule has 5 nitrogen and oxygen atoms in total. The zero-order chi connectivity index (χ0) is 23.8. The Kier molecular flexibility index (Phi) is 8.15. The predicted molar refractivity (Wildman–Crippen MR) is 133 cm³/mol. The largest absolute Gasteiger partial charge is 0.492 e. The van der Waals surface area contributed by atoms with E-state index in [1.54, 1.807) is 0 Å². The van der Waals surface area contributed by atoms with Gasteiger partial charge in [-0.15, -0.1) is 0 Å². The van der Waals surface area contributed by atoms with E-state index in [2.05, 4.69) is 16.0 Å². The minimum Gasteiger partial charge on any atom is -0.492 e. The summed E-state index contributed by atoms with van der Waals surface area (Å²) in [4.78, 5) is 17.0. The van der Waals surface area contributed by atoms with Gasteiger partial charge in [-0.2, -0.15) is 0 Å². The van der Waals surface area contributed by atoms with Gasteiger partial charge in [0, 0.05) is 25.1 Å². The second-order valence-electron chi connectivity index (χ2n) is 8.02. The molecule has 1 heterocycles. The molecule has 0 spiro atoms. The molecule has 7 heteroatoms. The maximum atomic E-state index is 13.0. The summed E-state index contributed by atoms with van der Waals surface area (Å²) in [6, 6.07) is 21.2. The summed E-state index contributed by atoms with van der Waals surface area (Å²) in [6.45, 7) is 1.95. The van der Waals surface area contributed by atoms with Gasteiger partial charge in [0.15, 0.2) is 0 Å². The first-order chi connectivity index (χ1) is 16.6. The summed E-state index contributed by atoms with van der Waals surface area (Å²) in [6.07, 6.45) is 3.34. The van der Waals surface area contributed by atoms with E-state index < -0.39 is 0 Å². The van der Waals surface area contributed by atoms with Gasteiger partial charge in [-0.1, -0.05) is 35.9 Å². The lowest BCUT2D eigenvalue weighted by molar-refractivity contribution is 0.0953. The minimum absolute atomic E-state index is 0.202. The summed E-state index contributed by atoms with van der Waals surface area (Å²) in [5, 5.41) is 3.52. The predicted octanol–water partition coefficient (Wildman–Crippen LogP) is 6.05. The van der Waals surface area contributed by atoms with Gasteiger partial charge in [-0.05, 0) is 67.8 Å². The lowest BCUT2D eigenvalue weighted by Gasteiger charge is -2.11. The minimum atomic E-state index is -0.356. The molecular weight excluding hydrogens is 453 g/mol. The molecule has 0 saturated heterocycles. The van der Waals surface area contributed by atoms with Crippen LogP contribution in [0.15, 0.2) is 72.8 Å². The SMILES string of the molecule is O=C(NCCCc1nc2ccccc2n1CCCCOc1ccccc1Cl)c1ccc(F)cc1. The Morgan fingerprint density at radius 3 is 2.56 bits per heavy atom. The van der Waals surface area contributed by atoms with Crippen molar-refractivity contribution < 1.29 is 13.9 Å². The van der Waals surface area contributed by atoms with E-state index in [0.29, 0.717) is 29.5 Å². The van der Waals surface area contributed by atoms with Gasteiger partial charge >= 0.3 is 0 Å². The summed E-state index contributed by atoms with van der Waals surface area (Å²) in [5.41, 5.74) is 2.53. The number of hydrogen-bond donors (Lipinski definition) is 1. The van der Waals surface area contributed by atoms with E-state index in [4.69, 9.17) is 21.3 Å². The number of unbranched alkanes of at least 4 members (excludes halogenated alkanes) is 1. The molecule has 0 atom stereocenters. The molecule has 4 aromatic rings. The third-order valence-corrected chi connectivity index (χ3v) is 5.89. The van der Waals surface area contributed by atoms with E-state index in [1.165, 1.54) is 24.3 Å². The van der Waals surface area contributed by atoms with Gasteiger partial charge < -0.3 is 14.6 Å². The maximum Gasteiger partial charge on any atom is 0.251 e. The average Bonchev–Trinajstić information content (AvgIpc) is 3.20. The fraction of sp³-hybridized carbons (Fsp3) is 0.259. The number of carbonyl (C=O) groups excluding carboxylic acids is 1. The summed E-state index contributed by atoms with van der Waals surface area (Å²) in [5.74, 6) is 1.16. The Labute approximate surface area is 203 Å². The Balaban J connectivity index is 1.29. The molecule has 176 valence electrons. The van der Waals surface area contributed by atoms with Crippen LogP contribution in [0.25, 0.3) is 11.0 Å². The number of ether oxygens (including phenoxy) is 1. The number of halogens is 2. The van der Waals surface area contributed by atoms with Crippen molar-refractivity contribution in [2.24, 2.45) is 0 Å². The molecule has 0 saturated carbocycles. The van der Waals surface area contributed by atoms with E-state index in [0.717, 1.165) is 49.1 Å². The normalized spacial score (nSPS) is 11.0. The van der Waals surface area contributed by atoms with Gasteiger partial charge in [0.25, 0.3) is 5.91 Å². The Bertz CT molecular complexity index is 1240. The highest BCUT2D eigenvalue weighted by atomic mass is 35.5. The number of nitrogens with one attached hydrogen (secondary N) is 1. The Morgan fingerprint density at radius 1 is 0.971 bits per heavy atom. The number of nitrogens with zero attached hydrogens (tertiary/aromatic N) is 2. The monoisotopic (exact) mass is 479 g/mol. The molecule has 0 fully saturated rings. The van der Waals surface area contributed by atoms with E-state index in [1.807, 2.05) is 42.5 Å². The average molecular weight is 480 g/mol. The molecule has 1 N–H and O–H groups in total. The highest BCUT2D eigenvalue weighted by Crippen LogP contribution is 2.23. The van der Waals surface area contributed by atoms with Crippen molar-refractivity contribution >= 4 is 28.5 Å². The lowest BCUT2D eigenvalue weighted by Crippen LogP contribution is -2.25. The molecule has 34 heavy (non-hydrogen) atoms. The zero-order valence-corrected chi connectivity index (χ0v) is 19.6. The summed E-state index contributed by atoms with van der Waals surface area (Å²) in [7, 11) is 0. The number of benzene rings is 3. The van der Waals surface area contributed by atoms with Crippen LogP contribution in [0.3, 0.4) is 0 Å². The van der Waals surface area contributed by atoms with Gasteiger partial charge in [-0.3, -0.25) is 4.79 Å². The molecule has 0 bridgehead atoms. The van der Waals surface area contributed by atoms with Crippen molar-refractivity contribution in [2.75, 3.05) is 13.2 Å². The number of fused-ring (bicyclic) bond motifs is 1.